The molecule has 0 aliphatic heterocycles. The molecular formula is C17H11Cl2NO4. The van der Waals surface area contributed by atoms with Gasteiger partial charge in [-0.15, -0.1) is 0 Å². The Hall–Kier alpha value is -2.24. The summed E-state index contributed by atoms with van der Waals surface area (Å²) >= 11 is 12.3. The lowest BCUT2D eigenvalue weighted by molar-refractivity contribution is -0.484. The monoisotopic (exact) mass is 363 g/mol. The van der Waals surface area contributed by atoms with Crippen LogP contribution in [-0.4, -0.2) is 23.0 Å². The Bertz CT molecular complexity index is 810. The lowest BCUT2D eigenvalue weighted by Crippen LogP contribution is -2.29. The van der Waals surface area contributed by atoms with Crippen molar-refractivity contribution in [2.45, 2.75) is 5.92 Å². The first-order chi connectivity index (χ1) is 11.4. The van der Waals surface area contributed by atoms with Crippen LogP contribution in [0.5, 0.6) is 0 Å². The number of hydrogen-bond donors (Lipinski definition) is 0. The molecule has 1 aliphatic rings. The van der Waals surface area contributed by atoms with E-state index in [0.29, 0.717) is 0 Å². The molecule has 24 heavy (non-hydrogen) atoms. The van der Waals surface area contributed by atoms with Crippen LogP contribution in [0, 0.1) is 16.0 Å². The number of Topliss-reactive ketones (excluding diaryl/α,β-unsaturated/α-hetero) is 2. The van der Waals surface area contributed by atoms with Gasteiger partial charge in [-0.05, 0) is 12.1 Å². The number of ketones is 2. The third kappa shape index (κ3) is 2.70. The van der Waals surface area contributed by atoms with Gasteiger partial charge in [0.15, 0.2) is 11.6 Å². The predicted molar refractivity (Wildman–Crippen MR) is 89.7 cm³/mol. The van der Waals surface area contributed by atoms with Crippen LogP contribution in [0.1, 0.15) is 32.2 Å². The zero-order chi connectivity index (χ0) is 17.4. The van der Waals surface area contributed by atoms with Crippen LogP contribution in [0.15, 0.2) is 42.5 Å². The van der Waals surface area contributed by atoms with E-state index < -0.39 is 34.9 Å². The van der Waals surface area contributed by atoms with Crippen molar-refractivity contribution in [3.8, 4) is 0 Å². The molecule has 0 saturated heterocycles. The average Bonchev–Trinajstić information content (AvgIpc) is 2.78. The van der Waals surface area contributed by atoms with E-state index in [1.807, 2.05) is 0 Å². The number of nitro groups is 1. The van der Waals surface area contributed by atoms with Crippen LogP contribution in [0.3, 0.4) is 0 Å². The van der Waals surface area contributed by atoms with E-state index in [4.69, 9.17) is 23.2 Å². The fraction of sp³-hybridized carbons (Fsp3) is 0.176. The third-order valence-corrected chi connectivity index (χ3v) is 4.80. The molecule has 0 spiro atoms. The molecule has 0 aromatic heterocycles. The van der Waals surface area contributed by atoms with Crippen LogP contribution in [0.2, 0.25) is 10.0 Å². The highest BCUT2D eigenvalue weighted by Crippen LogP contribution is 2.41. The van der Waals surface area contributed by atoms with Crippen LogP contribution >= 0.6 is 23.2 Å². The van der Waals surface area contributed by atoms with E-state index in [-0.39, 0.29) is 26.7 Å². The van der Waals surface area contributed by atoms with E-state index in [1.54, 1.807) is 30.3 Å². The molecule has 0 heterocycles. The van der Waals surface area contributed by atoms with Crippen molar-refractivity contribution in [2.75, 3.05) is 6.54 Å². The quantitative estimate of drug-likeness (QED) is 0.466. The van der Waals surface area contributed by atoms with Gasteiger partial charge in [0, 0.05) is 31.7 Å². The lowest BCUT2D eigenvalue weighted by Gasteiger charge is -2.20. The molecule has 5 nitrogen and oxygen atoms in total. The van der Waals surface area contributed by atoms with Crippen LogP contribution < -0.4 is 0 Å². The lowest BCUT2D eigenvalue weighted by atomic mass is 9.82. The summed E-state index contributed by atoms with van der Waals surface area (Å²) in [4.78, 5) is 36.0. The summed E-state index contributed by atoms with van der Waals surface area (Å²) in [5.41, 5.74) is 0.824. The molecule has 1 atom stereocenters. The molecule has 7 heteroatoms. The fourth-order valence-electron chi connectivity index (χ4n) is 3.12. The highest BCUT2D eigenvalue weighted by molar-refractivity contribution is 6.36. The molecule has 122 valence electrons. The molecule has 0 radical (unpaired) electrons. The average molecular weight is 364 g/mol. The van der Waals surface area contributed by atoms with Gasteiger partial charge >= 0.3 is 0 Å². The Morgan fingerprint density at radius 2 is 1.46 bits per heavy atom. The van der Waals surface area contributed by atoms with Crippen molar-refractivity contribution in [1.82, 2.24) is 0 Å². The van der Waals surface area contributed by atoms with Gasteiger partial charge in [-0.3, -0.25) is 19.7 Å². The molecule has 2 aromatic carbocycles. The molecule has 1 aliphatic carbocycles. The minimum absolute atomic E-state index is 0.200. The Morgan fingerprint density at radius 3 is 1.92 bits per heavy atom. The summed E-state index contributed by atoms with van der Waals surface area (Å²) in [5.74, 6) is -3.07. The normalized spacial score (nSPS) is 15.4. The Morgan fingerprint density at radius 1 is 0.958 bits per heavy atom. The van der Waals surface area contributed by atoms with Gasteiger partial charge in [0.2, 0.25) is 6.54 Å². The number of carbonyl (C=O) groups excluding carboxylic acids is 2. The minimum atomic E-state index is -1.19. The largest absolute Gasteiger partial charge is 0.293 e. The van der Waals surface area contributed by atoms with Crippen molar-refractivity contribution < 1.29 is 14.5 Å². The van der Waals surface area contributed by atoms with E-state index in [9.17, 15) is 19.7 Å². The summed E-state index contributed by atoms with van der Waals surface area (Å²) < 4.78 is 0. The second-order valence-corrected chi connectivity index (χ2v) is 6.32. The van der Waals surface area contributed by atoms with Crippen molar-refractivity contribution in [1.29, 1.82) is 0 Å². The molecule has 0 amide bonds. The number of halogens is 2. The summed E-state index contributed by atoms with van der Waals surface area (Å²) in [6.45, 7) is -0.612. The van der Waals surface area contributed by atoms with E-state index in [2.05, 4.69) is 0 Å². The first-order valence-corrected chi connectivity index (χ1v) is 7.90. The number of rotatable bonds is 4. The Balaban J connectivity index is 2.14. The van der Waals surface area contributed by atoms with E-state index in [0.717, 1.165) is 0 Å². The maximum atomic E-state index is 12.7. The SMILES string of the molecule is O=C1c2ccccc2C(=O)C1[C@@H](C[N+](=O)[O-])c1c(Cl)cccc1Cl. The number of fused-ring (bicyclic) bond motifs is 1. The van der Waals surface area contributed by atoms with Crippen molar-refractivity contribution in [3.63, 3.8) is 0 Å². The molecule has 0 bridgehead atoms. The van der Waals surface area contributed by atoms with Crippen LogP contribution in [0.25, 0.3) is 0 Å². The molecule has 3 rings (SSSR count). The van der Waals surface area contributed by atoms with E-state index in [1.165, 1.54) is 12.1 Å². The van der Waals surface area contributed by atoms with Gasteiger partial charge in [0.25, 0.3) is 0 Å². The summed E-state index contributed by atoms with van der Waals surface area (Å²) in [6, 6.07) is 11.1. The zero-order valence-corrected chi connectivity index (χ0v) is 13.8. The Kier molecular flexibility index (Phi) is 4.39. The van der Waals surface area contributed by atoms with Gasteiger partial charge in [0.1, 0.15) is 0 Å². The third-order valence-electron chi connectivity index (χ3n) is 4.14. The number of carbonyl (C=O) groups is 2. The van der Waals surface area contributed by atoms with Crippen molar-refractivity contribution >= 4 is 34.8 Å². The highest BCUT2D eigenvalue weighted by atomic mass is 35.5. The molecule has 0 saturated carbocycles. The topological polar surface area (TPSA) is 77.3 Å². The van der Waals surface area contributed by atoms with Crippen molar-refractivity contribution in [2.24, 2.45) is 5.92 Å². The first kappa shape index (κ1) is 16.6. The fourth-order valence-corrected chi connectivity index (χ4v) is 3.80. The van der Waals surface area contributed by atoms with Crippen LogP contribution in [0.4, 0.5) is 0 Å². The van der Waals surface area contributed by atoms with Crippen molar-refractivity contribution in [3.05, 3.63) is 79.3 Å². The summed E-state index contributed by atoms with van der Waals surface area (Å²) in [7, 11) is 0. The number of hydrogen-bond acceptors (Lipinski definition) is 4. The van der Waals surface area contributed by atoms with Gasteiger partial charge in [-0.1, -0.05) is 53.5 Å². The molecule has 0 fully saturated rings. The molecule has 2 aromatic rings. The minimum Gasteiger partial charge on any atom is -0.293 e. The zero-order valence-electron chi connectivity index (χ0n) is 12.2. The standard InChI is InChI=1S/C17H11Cl2NO4/c18-12-6-3-7-13(19)14(12)11(8-20(23)24)15-16(21)9-4-1-2-5-10(9)17(15)22/h1-7,11,15H,8H2/t11-/m0/s1. The van der Waals surface area contributed by atoms with E-state index >= 15 is 0 Å². The number of benzene rings is 2. The maximum absolute atomic E-state index is 12.7. The summed E-state index contributed by atoms with van der Waals surface area (Å²) in [5, 5.41) is 11.5. The second-order valence-electron chi connectivity index (χ2n) is 5.51. The smallest absolute Gasteiger partial charge is 0.211 e. The first-order valence-electron chi connectivity index (χ1n) is 7.15. The molecular weight excluding hydrogens is 353 g/mol. The van der Waals surface area contributed by atoms with Crippen LogP contribution in [-0.2, 0) is 0 Å². The van der Waals surface area contributed by atoms with Gasteiger partial charge in [-0.2, -0.15) is 0 Å². The highest BCUT2D eigenvalue weighted by Gasteiger charge is 2.46. The Labute approximate surface area is 147 Å². The maximum Gasteiger partial charge on any atom is 0.211 e. The summed E-state index contributed by atoms with van der Waals surface area (Å²) in [6.07, 6.45) is 0. The second kappa shape index (κ2) is 6.34. The molecule has 0 N–H and O–H groups in total. The van der Waals surface area contributed by atoms with Gasteiger partial charge < -0.3 is 0 Å². The predicted octanol–water partition coefficient (Wildman–Crippen LogP) is 4.05. The van der Waals surface area contributed by atoms with Gasteiger partial charge in [-0.25, -0.2) is 0 Å². The van der Waals surface area contributed by atoms with Gasteiger partial charge in [0.05, 0.1) is 11.8 Å². The molecule has 0 unspecified atom stereocenters. The number of nitrogens with zero attached hydrogens (tertiary/aromatic N) is 1.